The van der Waals surface area contributed by atoms with Gasteiger partial charge < -0.3 is 14.5 Å². The van der Waals surface area contributed by atoms with E-state index in [1.807, 2.05) is 0 Å². The third-order valence-corrected chi connectivity index (χ3v) is 5.56. The Morgan fingerprint density at radius 1 is 1.15 bits per heavy atom. The second kappa shape index (κ2) is 9.50. The quantitative estimate of drug-likeness (QED) is 0.227. The van der Waals surface area contributed by atoms with Crippen molar-refractivity contribution in [3.8, 4) is 0 Å². The van der Waals surface area contributed by atoms with Gasteiger partial charge in [-0.3, -0.25) is 25.0 Å². The number of thiazole rings is 1. The SMILES string of the molecule is Cc1ccc(C(=O)OCC(=O)Nc2nc3ccc([N+](=O)[O-])cc3s2)cc1NC(=O)c1ccco1. The molecule has 12 heteroatoms. The summed E-state index contributed by atoms with van der Waals surface area (Å²) in [5, 5.41) is 16.3. The molecule has 2 amide bonds. The molecule has 0 bridgehead atoms. The van der Waals surface area contributed by atoms with Gasteiger partial charge in [0.15, 0.2) is 17.5 Å². The Labute approximate surface area is 195 Å². The van der Waals surface area contributed by atoms with Crippen LogP contribution in [0.25, 0.3) is 10.2 Å². The lowest BCUT2D eigenvalue weighted by molar-refractivity contribution is -0.384. The minimum Gasteiger partial charge on any atom is -0.459 e. The third-order valence-electron chi connectivity index (χ3n) is 4.63. The summed E-state index contributed by atoms with van der Waals surface area (Å²) in [4.78, 5) is 51.4. The van der Waals surface area contributed by atoms with Gasteiger partial charge in [0, 0.05) is 17.8 Å². The number of nitro groups is 1. The molecule has 34 heavy (non-hydrogen) atoms. The Kier molecular flexibility index (Phi) is 6.32. The van der Waals surface area contributed by atoms with Gasteiger partial charge in [0.2, 0.25) is 0 Å². The van der Waals surface area contributed by atoms with Crippen molar-refractivity contribution >= 4 is 55.8 Å². The molecule has 0 unspecified atom stereocenters. The van der Waals surface area contributed by atoms with Crippen molar-refractivity contribution in [1.82, 2.24) is 4.98 Å². The van der Waals surface area contributed by atoms with Crippen LogP contribution in [0.3, 0.4) is 0 Å². The Balaban J connectivity index is 1.36. The van der Waals surface area contributed by atoms with Gasteiger partial charge in [-0.2, -0.15) is 0 Å². The van der Waals surface area contributed by atoms with Crippen LogP contribution in [-0.2, 0) is 9.53 Å². The van der Waals surface area contributed by atoms with Crippen molar-refractivity contribution in [2.24, 2.45) is 0 Å². The van der Waals surface area contributed by atoms with Crippen molar-refractivity contribution < 1.29 is 28.5 Å². The first-order valence-electron chi connectivity index (χ1n) is 9.77. The zero-order chi connectivity index (χ0) is 24.2. The molecule has 2 heterocycles. The van der Waals surface area contributed by atoms with E-state index >= 15 is 0 Å². The molecule has 0 spiro atoms. The second-order valence-corrected chi connectivity index (χ2v) is 8.04. The van der Waals surface area contributed by atoms with Gasteiger partial charge in [-0.15, -0.1) is 0 Å². The topological polar surface area (TPSA) is 154 Å². The van der Waals surface area contributed by atoms with E-state index < -0.39 is 29.3 Å². The van der Waals surface area contributed by atoms with Gasteiger partial charge in [-0.25, -0.2) is 9.78 Å². The molecule has 4 rings (SSSR count). The summed E-state index contributed by atoms with van der Waals surface area (Å²) < 4.78 is 10.6. The van der Waals surface area contributed by atoms with E-state index in [9.17, 15) is 24.5 Å². The van der Waals surface area contributed by atoms with E-state index in [2.05, 4.69) is 15.6 Å². The number of furan rings is 1. The number of rotatable bonds is 7. The molecule has 172 valence electrons. The zero-order valence-corrected chi connectivity index (χ0v) is 18.4. The van der Waals surface area contributed by atoms with Crippen LogP contribution in [0.15, 0.2) is 59.2 Å². The van der Waals surface area contributed by atoms with Crippen LogP contribution in [0.1, 0.15) is 26.5 Å². The molecular formula is C22H16N4O7S. The van der Waals surface area contributed by atoms with Gasteiger partial charge in [-0.05, 0) is 42.8 Å². The van der Waals surface area contributed by atoms with E-state index in [1.165, 1.54) is 42.7 Å². The van der Waals surface area contributed by atoms with Crippen LogP contribution in [0, 0.1) is 17.0 Å². The molecule has 0 aliphatic rings. The molecule has 0 aliphatic heterocycles. The molecule has 0 atom stereocenters. The largest absolute Gasteiger partial charge is 0.459 e. The van der Waals surface area contributed by atoms with Crippen LogP contribution in [0.4, 0.5) is 16.5 Å². The molecule has 4 aromatic rings. The van der Waals surface area contributed by atoms with Gasteiger partial charge in [0.1, 0.15) is 0 Å². The van der Waals surface area contributed by atoms with Crippen molar-refractivity contribution in [2.45, 2.75) is 6.92 Å². The fourth-order valence-corrected chi connectivity index (χ4v) is 3.84. The average Bonchev–Trinajstić information content (AvgIpc) is 3.48. The molecule has 2 N–H and O–H groups in total. The summed E-state index contributed by atoms with van der Waals surface area (Å²) >= 11 is 1.06. The summed E-state index contributed by atoms with van der Waals surface area (Å²) in [6.07, 6.45) is 1.37. The van der Waals surface area contributed by atoms with Crippen molar-refractivity contribution in [3.63, 3.8) is 0 Å². The number of anilines is 2. The normalized spacial score (nSPS) is 10.6. The number of benzene rings is 2. The number of hydrogen-bond donors (Lipinski definition) is 2. The lowest BCUT2D eigenvalue weighted by Crippen LogP contribution is -2.21. The second-order valence-electron chi connectivity index (χ2n) is 7.01. The smallest absolute Gasteiger partial charge is 0.338 e. The summed E-state index contributed by atoms with van der Waals surface area (Å²) in [6, 6.07) is 11.8. The van der Waals surface area contributed by atoms with Crippen molar-refractivity contribution in [2.75, 3.05) is 17.2 Å². The molecule has 0 fully saturated rings. The van der Waals surface area contributed by atoms with Gasteiger partial charge >= 0.3 is 5.97 Å². The number of carbonyl (C=O) groups is 3. The maximum absolute atomic E-state index is 12.4. The number of esters is 1. The lowest BCUT2D eigenvalue weighted by atomic mass is 10.1. The van der Waals surface area contributed by atoms with E-state index in [0.717, 1.165) is 11.3 Å². The number of aromatic nitrogens is 1. The van der Waals surface area contributed by atoms with Crippen molar-refractivity contribution in [1.29, 1.82) is 0 Å². The van der Waals surface area contributed by atoms with Gasteiger partial charge in [0.05, 0.1) is 27.0 Å². The van der Waals surface area contributed by atoms with Crippen molar-refractivity contribution in [3.05, 3.63) is 81.8 Å². The molecule has 2 aromatic heterocycles. The number of carbonyl (C=O) groups excluding carboxylic acids is 3. The highest BCUT2D eigenvalue weighted by Crippen LogP contribution is 2.29. The minimum absolute atomic E-state index is 0.0826. The number of hydrogen-bond acceptors (Lipinski definition) is 9. The third kappa shape index (κ3) is 5.07. The maximum atomic E-state index is 12.4. The van der Waals surface area contributed by atoms with Crippen LogP contribution >= 0.6 is 11.3 Å². The highest BCUT2D eigenvalue weighted by atomic mass is 32.1. The fourth-order valence-electron chi connectivity index (χ4n) is 2.93. The minimum atomic E-state index is -0.761. The number of nitrogens with one attached hydrogen (secondary N) is 2. The maximum Gasteiger partial charge on any atom is 0.338 e. The van der Waals surface area contributed by atoms with E-state index in [-0.39, 0.29) is 22.1 Å². The first kappa shape index (κ1) is 22.6. The van der Waals surface area contributed by atoms with Gasteiger partial charge in [0.25, 0.3) is 17.5 Å². The number of nitrogens with zero attached hydrogens (tertiary/aromatic N) is 2. The highest BCUT2D eigenvalue weighted by Gasteiger charge is 2.16. The number of fused-ring (bicyclic) bond motifs is 1. The first-order chi connectivity index (χ1) is 16.3. The molecule has 11 nitrogen and oxygen atoms in total. The summed E-state index contributed by atoms with van der Waals surface area (Å²) in [6.45, 7) is 1.18. The molecule has 0 saturated heterocycles. The summed E-state index contributed by atoms with van der Waals surface area (Å²) in [5.41, 5.74) is 1.65. The zero-order valence-electron chi connectivity index (χ0n) is 17.6. The molecule has 0 radical (unpaired) electrons. The Morgan fingerprint density at radius 3 is 2.71 bits per heavy atom. The number of amides is 2. The molecular weight excluding hydrogens is 464 g/mol. The van der Waals surface area contributed by atoms with E-state index in [4.69, 9.17) is 9.15 Å². The number of aryl methyl sites for hydroxylation is 1. The lowest BCUT2D eigenvalue weighted by Gasteiger charge is -2.10. The molecule has 2 aromatic carbocycles. The average molecular weight is 480 g/mol. The van der Waals surface area contributed by atoms with Crippen LogP contribution in [0.2, 0.25) is 0 Å². The number of ether oxygens (including phenoxy) is 1. The number of nitro benzene ring substituents is 1. The summed E-state index contributed by atoms with van der Waals surface area (Å²) in [7, 11) is 0. The molecule has 0 aliphatic carbocycles. The van der Waals surface area contributed by atoms with Crippen LogP contribution in [-0.4, -0.2) is 34.3 Å². The predicted octanol–water partition coefficient (Wildman–Crippen LogP) is 4.15. The summed E-state index contributed by atoms with van der Waals surface area (Å²) in [5.74, 6) is -1.74. The van der Waals surface area contributed by atoms with E-state index in [1.54, 1.807) is 19.1 Å². The van der Waals surface area contributed by atoms with Crippen LogP contribution < -0.4 is 10.6 Å². The van der Waals surface area contributed by atoms with Crippen LogP contribution in [0.5, 0.6) is 0 Å². The number of non-ortho nitro benzene ring substituents is 1. The Hall–Kier alpha value is -4.58. The van der Waals surface area contributed by atoms with E-state index in [0.29, 0.717) is 21.5 Å². The molecule has 0 saturated carbocycles. The first-order valence-corrected chi connectivity index (χ1v) is 10.6. The monoisotopic (exact) mass is 480 g/mol. The Bertz CT molecular complexity index is 1410. The Morgan fingerprint density at radius 2 is 1.97 bits per heavy atom. The standard InChI is InChI=1S/C22H16N4O7S/c1-12-4-5-13(9-16(12)23-20(28)17-3-2-8-32-17)21(29)33-11-19(27)25-22-24-15-7-6-14(26(30)31)10-18(15)34-22/h2-10H,11H2,1H3,(H,23,28)(H,24,25,27). The fraction of sp³-hybridized carbons (Fsp3) is 0.0909. The van der Waals surface area contributed by atoms with Gasteiger partial charge in [-0.1, -0.05) is 17.4 Å². The predicted molar refractivity (Wildman–Crippen MR) is 123 cm³/mol. The highest BCUT2D eigenvalue weighted by molar-refractivity contribution is 7.22.